The van der Waals surface area contributed by atoms with E-state index in [1.165, 1.54) is 0 Å². The van der Waals surface area contributed by atoms with Crippen molar-refractivity contribution in [1.82, 2.24) is 20.3 Å². The number of aromatic nitrogens is 3. The maximum atomic E-state index is 12.6. The number of nitrogens with one attached hydrogen (secondary N) is 1. The fourth-order valence-electron chi connectivity index (χ4n) is 2.59. The van der Waals surface area contributed by atoms with Gasteiger partial charge in [0, 0.05) is 51.4 Å². The van der Waals surface area contributed by atoms with Crippen molar-refractivity contribution in [2.24, 2.45) is 0 Å². The van der Waals surface area contributed by atoms with Crippen LogP contribution >= 0.6 is 0 Å². The fourth-order valence-corrected chi connectivity index (χ4v) is 2.59. The molecular weight excluding hydrogens is 306 g/mol. The second-order valence-corrected chi connectivity index (χ2v) is 5.91. The zero-order valence-corrected chi connectivity index (χ0v) is 13.9. The van der Waals surface area contributed by atoms with Gasteiger partial charge >= 0.3 is 0 Å². The van der Waals surface area contributed by atoms with Crippen LogP contribution in [0.3, 0.4) is 0 Å². The quantitative estimate of drug-likeness (QED) is 0.897. The monoisotopic (exact) mass is 327 g/mol. The first-order chi connectivity index (χ1) is 11.6. The third kappa shape index (κ3) is 3.68. The van der Waals surface area contributed by atoms with Crippen LogP contribution in [0.15, 0.2) is 30.7 Å². The molecule has 3 heterocycles. The summed E-state index contributed by atoms with van der Waals surface area (Å²) in [7, 11) is 3.73. The van der Waals surface area contributed by atoms with Gasteiger partial charge in [-0.15, -0.1) is 0 Å². The topological polar surface area (TPSA) is 80.2 Å². The van der Waals surface area contributed by atoms with Gasteiger partial charge in [-0.3, -0.25) is 9.78 Å². The largest absolute Gasteiger partial charge is 0.376 e. The first-order valence-electron chi connectivity index (χ1n) is 7.99. The first kappa shape index (κ1) is 16.3. The van der Waals surface area contributed by atoms with E-state index >= 15 is 0 Å². The van der Waals surface area contributed by atoms with E-state index in [2.05, 4.69) is 20.3 Å². The molecule has 1 unspecified atom stereocenters. The van der Waals surface area contributed by atoms with E-state index in [1.807, 2.05) is 26.2 Å². The highest BCUT2D eigenvalue weighted by Crippen LogP contribution is 2.22. The molecule has 1 amide bonds. The molecule has 126 valence electrons. The van der Waals surface area contributed by atoms with E-state index in [0.717, 1.165) is 25.0 Å². The number of ether oxygens (including phenoxy) is 1. The molecule has 0 spiro atoms. The Kier molecular flexibility index (Phi) is 5.00. The molecular formula is C17H21N5O2. The van der Waals surface area contributed by atoms with Crippen molar-refractivity contribution in [3.8, 4) is 11.3 Å². The van der Waals surface area contributed by atoms with Crippen LogP contribution in [0.5, 0.6) is 0 Å². The molecule has 2 aromatic heterocycles. The highest BCUT2D eigenvalue weighted by molar-refractivity contribution is 5.99. The van der Waals surface area contributed by atoms with Crippen molar-refractivity contribution in [3.05, 3.63) is 36.3 Å². The Morgan fingerprint density at radius 2 is 2.17 bits per heavy atom. The lowest BCUT2D eigenvalue weighted by Crippen LogP contribution is -2.32. The van der Waals surface area contributed by atoms with E-state index in [9.17, 15) is 4.79 Å². The van der Waals surface area contributed by atoms with E-state index in [0.29, 0.717) is 23.8 Å². The van der Waals surface area contributed by atoms with E-state index < -0.39 is 0 Å². The summed E-state index contributed by atoms with van der Waals surface area (Å²) in [5, 5.41) is 2.93. The first-order valence-corrected chi connectivity index (χ1v) is 7.99. The third-order valence-corrected chi connectivity index (χ3v) is 3.89. The summed E-state index contributed by atoms with van der Waals surface area (Å²) >= 11 is 0. The highest BCUT2D eigenvalue weighted by Gasteiger charge is 2.20. The Labute approximate surface area is 141 Å². The number of rotatable bonds is 5. The van der Waals surface area contributed by atoms with Crippen molar-refractivity contribution in [2.75, 3.05) is 32.1 Å². The normalized spacial score (nSPS) is 16.8. The van der Waals surface area contributed by atoms with Crippen LogP contribution in [0, 0.1) is 0 Å². The molecule has 1 aliphatic heterocycles. The number of carbonyl (C=O) groups is 1. The molecule has 0 bridgehead atoms. The summed E-state index contributed by atoms with van der Waals surface area (Å²) < 4.78 is 5.54. The average molecular weight is 327 g/mol. The molecule has 1 N–H and O–H groups in total. The second-order valence-electron chi connectivity index (χ2n) is 5.91. The van der Waals surface area contributed by atoms with Crippen LogP contribution in [0.4, 0.5) is 5.95 Å². The Morgan fingerprint density at radius 3 is 2.83 bits per heavy atom. The van der Waals surface area contributed by atoms with Gasteiger partial charge in [-0.05, 0) is 25.0 Å². The van der Waals surface area contributed by atoms with Gasteiger partial charge in [0.2, 0.25) is 5.95 Å². The molecule has 7 nitrogen and oxygen atoms in total. The smallest absolute Gasteiger partial charge is 0.255 e. The van der Waals surface area contributed by atoms with Gasteiger partial charge in [-0.25, -0.2) is 9.97 Å². The second kappa shape index (κ2) is 7.35. The number of amides is 1. The number of nitrogens with zero attached hydrogens (tertiary/aromatic N) is 4. The van der Waals surface area contributed by atoms with Gasteiger partial charge in [-0.2, -0.15) is 0 Å². The number of anilines is 1. The summed E-state index contributed by atoms with van der Waals surface area (Å²) in [6.45, 7) is 1.27. The van der Waals surface area contributed by atoms with Gasteiger partial charge in [0.05, 0.1) is 17.4 Å². The maximum absolute atomic E-state index is 12.6. The van der Waals surface area contributed by atoms with Gasteiger partial charge < -0.3 is 15.0 Å². The zero-order valence-electron chi connectivity index (χ0n) is 13.9. The predicted molar refractivity (Wildman–Crippen MR) is 90.9 cm³/mol. The number of pyridine rings is 1. The molecule has 1 atom stereocenters. The minimum absolute atomic E-state index is 0.0975. The van der Waals surface area contributed by atoms with Crippen molar-refractivity contribution in [2.45, 2.75) is 18.9 Å². The number of hydrogen-bond acceptors (Lipinski definition) is 6. The lowest BCUT2D eigenvalue weighted by Gasteiger charge is -2.15. The Hall–Kier alpha value is -2.54. The summed E-state index contributed by atoms with van der Waals surface area (Å²) in [6, 6.07) is 3.66. The molecule has 24 heavy (non-hydrogen) atoms. The minimum atomic E-state index is -0.192. The van der Waals surface area contributed by atoms with Gasteiger partial charge in [0.25, 0.3) is 5.91 Å². The standard InChI is InChI=1S/C17H21N5O2/c1-22(2)17-20-11-14(15(21-17)12-5-7-18-8-6-12)16(23)19-10-13-4-3-9-24-13/h5-8,11,13H,3-4,9-10H2,1-2H3,(H,19,23). The molecule has 0 radical (unpaired) electrons. The van der Waals surface area contributed by atoms with Crippen LogP contribution in [-0.4, -0.2) is 54.2 Å². The molecule has 1 aliphatic rings. The SMILES string of the molecule is CN(C)c1ncc(C(=O)NCC2CCCO2)c(-c2ccncc2)n1. The van der Waals surface area contributed by atoms with E-state index in [1.54, 1.807) is 23.5 Å². The summed E-state index contributed by atoms with van der Waals surface area (Å²) in [6.07, 6.45) is 7.06. The lowest BCUT2D eigenvalue weighted by atomic mass is 10.1. The van der Waals surface area contributed by atoms with Crippen LogP contribution < -0.4 is 10.2 Å². The van der Waals surface area contributed by atoms with Crippen LogP contribution in [0.2, 0.25) is 0 Å². The molecule has 1 fully saturated rings. The summed E-state index contributed by atoms with van der Waals surface area (Å²) in [5.41, 5.74) is 1.88. The molecule has 1 saturated heterocycles. The fraction of sp³-hybridized carbons (Fsp3) is 0.412. The van der Waals surface area contributed by atoms with E-state index in [4.69, 9.17) is 4.74 Å². The Morgan fingerprint density at radius 1 is 1.38 bits per heavy atom. The molecule has 3 rings (SSSR count). The third-order valence-electron chi connectivity index (χ3n) is 3.89. The summed E-state index contributed by atoms with van der Waals surface area (Å²) in [4.78, 5) is 27.2. The average Bonchev–Trinajstić information content (AvgIpc) is 3.13. The van der Waals surface area contributed by atoms with E-state index in [-0.39, 0.29) is 12.0 Å². The highest BCUT2D eigenvalue weighted by atomic mass is 16.5. The van der Waals surface area contributed by atoms with Gasteiger partial charge in [0.15, 0.2) is 0 Å². The number of hydrogen-bond donors (Lipinski definition) is 1. The van der Waals surface area contributed by atoms with Gasteiger partial charge in [0.1, 0.15) is 0 Å². The Bertz CT molecular complexity index is 699. The van der Waals surface area contributed by atoms with Crippen LogP contribution in [-0.2, 0) is 4.74 Å². The molecule has 0 aromatic carbocycles. The lowest BCUT2D eigenvalue weighted by molar-refractivity contribution is 0.0858. The summed E-state index contributed by atoms with van der Waals surface area (Å²) in [5.74, 6) is 0.361. The van der Waals surface area contributed by atoms with Crippen LogP contribution in [0.25, 0.3) is 11.3 Å². The van der Waals surface area contributed by atoms with Crippen molar-refractivity contribution < 1.29 is 9.53 Å². The number of carbonyl (C=O) groups excluding carboxylic acids is 1. The minimum Gasteiger partial charge on any atom is -0.376 e. The molecule has 2 aromatic rings. The van der Waals surface area contributed by atoms with Gasteiger partial charge in [-0.1, -0.05) is 0 Å². The van der Waals surface area contributed by atoms with Crippen molar-refractivity contribution in [1.29, 1.82) is 0 Å². The molecule has 0 saturated carbocycles. The Balaban J connectivity index is 1.86. The van der Waals surface area contributed by atoms with Crippen LogP contribution in [0.1, 0.15) is 23.2 Å². The van der Waals surface area contributed by atoms with Crippen molar-refractivity contribution in [3.63, 3.8) is 0 Å². The predicted octanol–water partition coefficient (Wildman–Crippen LogP) is 1.51. The zero-order chi connectivity index (χ0) is 16.9. The van der Waals surface area contributed by atoms with Crippen molar-refractivity contribution >= 4 is 11.9 Å². The maximum Gasteiger partial charge on any atom is 0.255 e. The molecule has 7 heteroatoms. The molecule has 0 aliphatic carbocycles.